The van der Waals surface area contributed by atoms with Gasteiger partial charge in [0.1, 0.15) is 11.6 Å². The maximum absolute atomic E-state index is 16.9. The molecule has 0 saturated heterocycles. The molecule has 0 atom stereocenters. The number of anilines is 6. The summed E-state index contributed by atoms with van der Waals surface area (Å²) in [6.07, 6.45) is 0. The first-order valence-corrected chi connectivity index (χ1v) is 24.5. The fourth-order valence-electron chi connectivity index (χ4n) is 10.4. The minimum atomic E-state index is -0.364. The largest absolute Gasteiger partial charge is 0.307 e. The zero-order valence-corrected chi connectivity index (χ0v) is 40.5. The summed E-state index contributed by atoms with van der Waals surface area (Å²) in [7, 11) is 0. The van der Waals surface area contributed by atoms with E-state index in [2.05, 4.69) is 121 Å². The highest BCUT2D eigenvalue weighted by molar-refractivity contribution is 6.28. The minimum absolute atomic E-state index is 0.364. The Balaban J connectivity index is 1.11. The summed E-state index contributed by atoms with van der Waals surface area (Å²) < 4.78 is 33.8. The van der Waals surface area contributed by atoms with E-state index in [1.54, 1.807) is 12.1 Å². The first-order chi connectivity index (χ1) is 36.2. The van der Waals surface area contributed by atoms with Crippen LogP contribution in [0.4, 0.5) is 42.9 Å². The number of nitriles is 2. The first-order valence-electron chi connectivity index (χ1n) is 24.5. The Morgan fingerprint density at radius 2 is 0.662 bits per heavy atom. The minimum Gasteiger partial charge on any atom is -0.307 e. The number of aryl methyl sites for hydroxylation is 2. The van der Waals surface area contributed by atoms with Gasteiger partial charge in [-0.1, -0.05) is 133 Å². The lowest BCUT2D eigenvalue weighted by Gasteiger charge is -2.30. The Kier molecular flexibility index (Phi) is 11.4. The Morgan fingerprint density at radius 3 is 1.01 bits per heavy atom. The van der Waals surface area contributed by atoms with Gasteiger partial charge in [0, 0.05) is 22.1 Å². The van der Waals surface area contributed by atoms with Crippen LogP contribution in [0, 0.1) is 48.1 Å². The van der Waals surface area contributed by atoms with Crippen LogP contribution in [0.5, 0.6) is 0 Å². The molecule has 0 radical (unpaired) electrons. The van der Waals surface area contributed by atoms with Crippen LogP contribution in [-0.2, 0) is 0 Å². The van der Waals surface area contributed by atoms with Gasteiger partial charge in [0.25, 0.3) is 0 Å². The van der Waals surface area contributed by atoms with Crippen LogP contribution in [0.1, 0.15) is 22.3 Å². The monoisotopic (exact) mass is 954 g/mol. The van der Waals surface area contributed by atoms with Gasteiger partial charge in [-0.3, -0.25) is 0 Å². The normalized spacial score (nSPS) is 11.2. The molecule has 0 unspecified atom stereocenters. The fourth-order valence-corrected chi connectivity index (χ4v) is 10.4. The van der Waals surface area contributed by atoms with Crippen molar-refractivity contribution in [2.24, 2.45) is 0 Å². The maximum atomic E-state index is 16.9. The standard InChI is InChI=1S/C68H44F2N4/c1-43-13-29-65(61(69)33-43)73(57-37-53(47-9-5-3-6-10-47)35-55(39-57)49-19-15-45(41-71)16-20-49)63-31-25-51-24-28-60-64(32-26-52-23-27-59(63)67(51)68(52)60)74(66-30-14-44(2)34-62(66)70)58-38-54(48-11-7-4-8-12-48)36-56(40-58)50-21-17-46(42-72)18-22-50/h3-40H,1-2H3. The molecule has 0 fully saturated rings. The van der Waals surface area contributed by atoms with Crippen LogP contribution >= 0.6 is 0 Å². The molecule has 6 heteroatoms. The fraction of sp³-hybridized carbons (Fsp3) is 0.0294. The molecular formula is C68H44F2N4. The highest BCUT2D eigenvalue weighted by atomic mass is 19.1. The molecule has 0 N–H and O–H groups in total. The van der Waals surface area contributed by atoms with Crippen LogP contribution < -0.4 is 9.80 Å². The van der Waals surface area contributed by atoms with Crippen molar-refractivity contribution in [3.05, 3.63) is 264 Å². The van der Waals surface area contributed by atoms with Crippen LogP contribution in [0.25, 0.3) is 76.8 Å². The summed E-state index contributed by atoms with van der Waals surface area (Å²) in [5.74, 6) is -0.728. The van der Waals surface area contributed by atoms with Gasteiger partial charge in [-0.25, -0.2) is 8.78 Å². The predicted molar refractivity (Wildman–Crippen MR) is 300 cm³/mol. The summed E-state index contributed by atoms with van der Waals surface area (Å²) in [6.45, 7) is 3.78. The lowest BCUT2D eigenvalue weighted by molar-refractivity contribution is 0.627. The van der Waals surface area contributed by atoms with E-state index >= 15 is 8.78 Å². The van der Waals surface area contributed by atoms with Crippen LogP contribution in [0.2, 0.25) is 0 Å². The molecule has 12 rings (SSSR count). The lowest BCUT2D eigenvalue weighted by atomic mass is 9.91. The third-order valence-corrected chi connectivity index (χ3v) is 14.0. The second-order valence-corrected chi connectivity index (χ2v) is 18.8. The smallest absolute Gasteiger partial charge is 0.147 e. The Bertz CT molecular complexity index is 3920. The second kappa shape index (κ2) is 18.7. The molecule has 0 saturated carbocycles. The molecule has 0 spiro atoms. The Morgan fingerprint density at radius 1 is 0.324 bits per heavy atom. The van der Waals surface area contributed by atoms with E-state index in [0.717, 1.165) is 111 Å². The number of hydrogen-bond acceptors (Lipinski definition) is 4. The van der Waals surface area contributed by atoms with Crippen molar-refractivity contribution in [1.82, 2.24) is 0 Å². The Hall–Kier alpha value is -9.88. The first kappa shape index (κ1) is 45.3. The molecule has 0 heterocycles. The van der Waals surface area contributed by atoms with Crippen LogP contribution in [-0.4, -0.2) is 0 Å². The summed E-state index contributed by atoms with van der Waals surface area (Å²) in [4.78, 5) is 4.05. The second-order valence-electron chi connectivity index (χ2n) is 18.8. The zero-order chi connectivity index (χ0) is 50.5. The van der Waals surface area contributed by atoms with Crippen molar-refractivity contribution in [3.8, 4) is 56.6 Å². The summed E-state index contributed by atoms with van der Waals surface area (Å²) >= 11 is 0. The quantitative estimate of drug-likeness (QED) is 0.128. The molecule has 12 aromatic rings. The third-order valence-electron chi connectivity index (χ3n) is 14.0. The molecule has 0 amide bonds. The summed E-state index contributed by atoms with van der Waals surface area (Å²) in [5.41, 5.74) is 14.1. The van der Waals surface area contributed by atoms with E-state index < -0.39 is 0 Å². The molecule has 350 valence electrons. The molecule has 0 aromatic heterocycles. The van der Waals surface area contributed by atoms with E-state index in [1.807, 2.05) is 133 Å². The molecule has 4 nitrogen and oxygen atoms in total. The highest BCUT2D eigenvalue weighted by Crippen LogP contribution is 2.50. The van der Waals surface area contributed by atoms with Gasteiger partial charge in [-0.05, 0) is 188 Å². The highest BCUT2D eigenvalue weighted by Gasteiger charge is 2.26. The molecule has 12 aromatic carbocycles. The summed E-state index contributed by atoms with van der Waals surface area (Å²) in [5, 5.41) is 25.1. The van der Waals surface area contributed by atoms with Crippen molar-refractivity contribution in [2.45, 2.75) is 13.8 Å². The molecule has 0 bridgehead atoms. The van der Waals surface area contributed by atoms with Gasteiger partial charge in [-0.2, -0.15) is 10.5 Å². The van der Waals surface area contributed by atoms with Gasteiger partial charge >= 0.3 is 0 Å². The number of nitrogens with zero attached hydrogens (tertiary/aromatic N) is 4. The number of benzene rings is 12. The SMILES string of the molecule is Cc1ccc(N(c2cc(-c3ccccc3)cc(-c3ccc(C#N)cc3)c2)c2ccc3ccc4c(N(c5cc(-c6ccccc6)cc(-c6ccc(C#N)cc6)c5)c5ccc(C)cc5F)ccc5ccc2c3c54)c(F)c1. The van der Waals surface area contributed by atoms with Crippen molar-refractivity contribution < 1.29 is 8.78 Å². The topological polar surface area (TPSA) is 54.1 Å². The molecule has 0 aliphatic carbocycles. The number of halogens is 2. The van der Waals surface area contributed by atoms with Crippen molar-refractivity contribution in [2.75, 3.05) is 9.80 Å². The molecule has 74 heavy (non-hydrogen) atoms. The third kappa shape index (κ3) is 8.21. The number of rotatable bonds is 10. The van der Waals surface area contributed by atoms with Crippen LogP contribution in [0.3, 0.4) is 0 Å². The van der Waals surface area contributed by atoms with Gasteiger partial charge in [0.05, 0.1) is 46.0 Å². The van der Waals surface area contributed by atoms with Gasteiger partial charge in [0.2, 0.25) is 0 Å². The zero-order valence-electron chi connectivity index (χ0n) is 40.5. The number of hydrogen-bond donors (Lipinski definition) is 0. The Labute approximate surface area is 428 Å². The molecule has 0 aliphatic rings. The van der Waals surface area contributed by atoms with E-state index in [0.29, 0.717) is 22.5 Å². The summed E-state index contributed by atoms with van der Waals surface area (Å²) in [6, 6.07) is 80.2. The maximum Gasteiger partial charge on any atom is 0.147 e. The van der Waals surface area contributed by atoms with E-state index in [4.69, 9.17) is 0 Å². The van der Waals surface area contributed by atoms with E-state index in [9.17, 15) is 10.5 Å². The van der Waals surface area contributed by atoms with Crippen molar-refractivity contribution >= 4 is 66.4 Å². The average Bonchev–Trinajstić information content (AvgIpc) is 3.45. The van der Waals surface area contributed by atoms with Gasteiger partial charge < -0.3 is 9.80 Å². The molecule has 0 aliphatic heterocycles. The van der Waals surface area contributed by atoms with Crippen molar-refractivity contribution in [3.63, 3.8) is 0 Å². The van der Waals surface area contributed by atoms with Gasteiger partial charge in [0.15, 0.2) is 0 Å². The van der Waals surface area contributed by atoms with E-state index in [1.165, 1.54) is 0 Å². The molecular weight excluding hydrogens is 911 g/mol. The lowest BCUT2D eigenvalue weighted by Crippen LogP contribution is -2.13. The van der Waals surface area contributed by atoms with Crippen molar-refractivity contribution in [1.29, 1.82) is 10.5 Å². The average molecular weight is 955 g/mol. The van der Waals surface area contributed by atoms with Gasteiger partial charge in [-0.15, -0.1) is 0 Å². The van der Waals surface area contributed by atoms with E-state index in [-0.39, 0.29) is 11.6 Å². The predicted octanol–water partition coefficient (Wildman–Crippen LogP) is 18.8. The van der Waals surface area contributed by atoms with Crippen LogP contribution in [0.15, 0.2) is 231 Å².